The molecule has 5 atom stereocenters. The highest BCUT2D eigenvalue weighted by atomic mass is 32.1. The standard InChI is InChI=1S/C24H25FO6S/c1-13-2-5-16(24(30)23(29)22(28)21(27)19(12-26)31-24)10-15(13)11-18-8-9-20(32-18)14-3-6-17(25)7-4-14/h2-10,19,21-23,26-30H,11-12H2,1H3/t19-,21-,22+,23-,24+/m1/s1. The molecule has 5 N–H and O–H groups in total. The Morgan fingerprint density at radius 3 is 2.41 bits per heavy atom. The zero-order valence-electron chi connectivity index (χ0n) is 17.4. The summed E-state index contributed by atoms with van der Waals surface area (Å²) in [5.74, 6) is -2.58. The largest absolute Gasteiger partial charge is 0.394 e. The molecule has 0 bridgehead atoms. The lowest BCUT2D eigenvalue weighted by molar-refractivity contribution is -0.357. The van der Waals surface area contributed by atoms with Gasteiger partial charge in [0.1, 0.15) is 30.2 Å². The van der Waals surface area contributed by atoms with E-state index in [4.69, 9.17) is 4.74 Å². The fourth-order valence-electron chi connectivity index (χ4n) is 3.91. The van der Waals surface area contributed by atoms with E-state index >= 15 is 0 Å². The number of benzene rings is 2. The minimum absolute atomic E-state index is 0.213. The van der Waals surface area contributed by atoms with Crippen LogP contribution in [0.2, 0.25) is 0 Å². The number of aliphatic hydroxyl groups excluding tert-OH is 4. The quantitative estimate of drug-likeness (QED) is 0.399. The van der Waals surface area contributed by atoms with Crippen molar-refractivity contribution in [2.45, 2.75) is 43.5 Å². The van der Waals surface area contributed by atoms with Crippen LogP contribution in [0.5, 0.6) is 0 Å². The maximum absolute atomic E-state index is 13.2. The first kappa shape index (κ1) is 23.0. The van der Waals surface area contributed by atoms with E-state index in [1.54, 1.807) is 41.7 Å². The summed E-state index contributed by atoms with van der Waals surface area (Å²) in [6.45, 7) is 1.29. The molecule has 2 heterocycles. The summed E-state index contributed by atoms with van der Waals surface area (Å²) in [5, 5.41) is 51.1. The number of rotatable bonds is 5. The van der Waals surface area contributed by atoms with Gasteiger partial charge in [0, 0.05) is 21.7 Å². The number of halogens is 1. The second-order valence-corrected chi connectivity index (χ2v) is 9.22. The molecule has 4 rings (SSSR count). The molecule has 0 radical (unpaired) electrons. The average Bonchev–Trinajstić information content (AvgIpc) is 3.25. The van der Waals surface area contributed by atoms with E-state index in [1.165, 1.54) is 12.1 Å². The molecule has 0 aliphatic carbocycles. The molecule has 170 valence electrons. The summed E-state index contributed by atoms with van der Waals surface area (Å²) in [7, 11) is 0. The second-order valence-electron chi connectivity index (χ2n) is 8.05. The van der Waals surface area contributed by atoms with E-state index in [1.807, 2.05) is 19.1 Å². The third kappa shape index (κ3) is 4.23. The molecule has 1 fully saturated rings. The Hall–Kier alpha value is -2.17. The molecule has 3 aromatic rings. The number of ether oxygens (including phenoxy) is 1. The summed E-state index contributed by atoms with van der Waals surface area (Å²) in [5.41, 5.74) is 2.97. The number of hydrogen-bond donors (Lipinski definition) is 5. The van der Waals surface area contributed by atoms with Crippen molar-refractivity contribution in [2.75, 3.05) is 6.61 Å². The van der Waals surface area contributed by atoms with Gasteiger partial charge in [0.2, 0.25) is 5.79 Å². The van der Waals surface area contributed by atoms with Gasteiger partial charge in [0.15, 0.2) is 0 Å². The van der Waals surface area contributed by atoms with E-state index in [-0.39, 0.29) is 11.4 Å². The summed E-state index contributed by atoms with van der Waals surface area (Å²) < 4.78 is 18.6. The fraction of sp³-hybridized carbons (Fsp3) is 0.333. The van der Waals surface area contributed by atoms with E-state index in [0.29, 0.717) is 6.42 Å². The molecule has 1 aromatic heterocycles. The molecule has 0 amide bonds. The van der Waals surface area contributed by atoms with Crippen molar-refractivity contribution >= 4 is 11.3 Å². The third-order valence-corrected chi connectivity index (χ3v) is 7.02. The molecule has 1 aliphatic rings. The highest BCUT2D eigenvalue weighted by Crippen LogP contribution is 2.38. The highest BCUT2D eigenvalue weighted by molar-refractivity contribution is 7.15. The van der Waals surface area contributed by atoms with Crippen molar-refractivity contribution in [3.8, 4) is 10.4 Å². The zero-order chi connectivity index (χ0) is 23.0. The van der Waals surface area contributed by atoms with E-state index in [0.717, 1.165) is 26.4 Å². The Morgan fingerprint density at radius 2 is 1.72 bits per heavy atom. The maximum Gasteiger partial charge on any atom is 0.222 e. The van der Waals surface area contributed by atoms with Crippen LogP contribution in [-0.2, 0) is 16.9 Å². The molecule has 0 unspecified atom stereocenters. The van der Waals surface area contributed by atoms with Crippen molar-refractivity contribution in [1.29, 1.82) is 0 Å². The van der Waals surface area contributed by atoms with Gasteiger partial charge in [-0.1, -0.05) is 24.3 Å². The summed E-state index contributed by atoms with van der Waals surface area (Å²) in [4.78, 5) is 2.05. The summed E-state index contributed by atoms with van der Waals surface area (Å²) in [6, 6.07) is 15.3. The Bertz CT molecular complexity index is 1080. The monoisotopic (exact) mass is 460 g/mol. The van der Waals surface area contributed by atoms with Gasteiger partial charge in [-0.2, -0.15) is 0 Å². The van der Waals surface area contributed by atoms with Gasteiger partial charge >= 0.3 is 0 Å². The van der Waals surface area contributed by atoms with Crippen molar-refractivity contribution in [1.82, 2.24) is 0 Å². The predicted molar refractivity (Wildman–Crippen MR) is 118 cm³/mol. The molecule has 2 aromatic carbocycles. The van der Waals surface area contributed by atoms with Crippen molar-refractivity contribution in [2.24, 2.45) is 0 Å². The van der Waals surface area contributed by atoms with Crippen LogP contribution in [0.3, 0.4) is 0 Å². The van der Waals surface area contributed by atoms with Gasteiger partial charge in [0.25, 0.3) is 0 Å². The first-order valence-corrected chi connectivity index (χ1v) is 11.0. The SMILES string of the molecule is Cc1ccc([C@]2(O)O[C@H](CO)[C@@H](O)[C@H](O)[C@H]2O)cc1Cc1ccc(-c2ccc(F)cc2)s1. The van der Waals surface area contributed by atoms with Gasteiger partial charge in [-0.25, -0.2) is 4.39 Å². The molecule has 1 saturated heterocycles. The molecular weight excluding hydrogens is 435 g/mol. The third-order valence-electron chi connectivity index (χ3n) is 5.88. The predicted octanol–water partition coefficient (Wildman–Crippen LogP) is 2.07. The molecule has 0 spiro atoms. The van der Waals surface area contributed by atoms with Crippen molar-refractivity contribution in [3.63, 3.8) is 0 Å². The summed E-state index contributed by atoms with van der Waals surface area (Å²) in [6.07, 6.45) is -5.73. The lowest BCUT2D eigenvalue weighted by Gasteiger charge is -2.45. The van der Waals surface area contributed by atoms with Crippen LogP contribution in [0.1, 0.15) is 21.6 Å². The maximum atomic E-state index is 13.2. The smallest absolute Gasteiger partial charge is 0.222 e. The number of aryl methyl sites for hydroxylation is 1. The number of aliphatic hydroxyl groups is 5. The first-order valence-electron chi connectivity index (χ1n) is 10.2. The molecule has 8 heteroatoms. The Balaban J connectivity index is 1.61. The minimum atomic E-state index is -2.29. The normalized spacial score (nSPS) is 28.1. The van der Waals surface area contributed by atoms with Gasteiger partial charge in [-0.15, -0.1) is 11.3 Å². The van der Waals surface area contributed by atoms with Gasteiger partial charge in [-0.3, -0.25) is 0 Å². The van der Waals surface area contributed by atoms with Crippen LogP contribution in [0.25, 0.3) is 10.4 Å². The Kier molecular flexibility index (Phi) is 6.46. The van der Waals surface area contributed by atoms with Gasteiger partial charge in [0.05, 0.1) is 6.61 Å². The summed E-state index contributed by atoms with van der Waals surface area (Å²) >= 11 is 1.57. The van der Waals surface area contributed by atoms with E-state index in [2.05, 4.69) is 0 Å². The fourth-order valence-corrected chi connectivity index (χ4v) is 4.94. The molecule has 0 saturated carbocycles. The topological polar surface area (TPSA) is 110 Å². The second kappa shape index (κ2) is 8.99. The average molecular weight is 461 g/mol. The molecule has 6 nitrogen and oxygen atoms in total. The lowest BCUT2D eigenvalue weighted by atomic mass is 9.86. The van der Waals surface area contributed by atoms with E-state index < -0.39 is 36.8 Å². The number of thiophene rings is 1. The van der Waals surface area contributed by atoms with Crippen molar-refractivity contribution in [3.05, 3.63) is 82.0 Å². The van der Waals surface area contributed by atoms with Crippen LogP contribution in [0.15, 0.2) is 54.6 Å². The Labute approximate surface area is 188 Å². The van der Waals surface area contributed by atoms with E-state index in [9.17, 15) is 29.9 Å². The van der Waals surface area contributed by atoms with Crippen LogP contribution >= 0.6 is 11.3 Å². The van der Waals surface area contributed by atoms with Gasteiger partial charge in [-0.05, 0) is 53.9 Å². The van der Waals surface area contributed by atoms with Crippen LogP contribution < -0.4 is 0 Å². The van der Waals surface area contributed by atoms with Gasteiger partial charge < -0.3 is 30.3 Å². The van der Waals surface area contributed by atoms with Crippen molar-refractivity contribution < 1.29 is 34.7 Å². The molecule has 32 heavy (non-hydrogen) atoms. The zero-order valence-corrected chi connectivity index (χ0v) is 18.2. The minimum Gasteiger partial charge on any atom is -0.394 e. The lowest BCUT2D eigenvalue weighted by Crippen LogP contribution is -2.63. The number of hydrogen-bond acceptors (Lipinski definition) is 7. The highest BCUT2D eigenvalue weighted by Gasteiger charge is 2.53. The van der Waals surface area contributed by atoms with Crippen LogP contribution in [0, 0.1) is 12.7 Å². The Morgan fingerprint density at radius 1 is 1.00 bits per heavy atom. The first-order chi connectivity index (χ1) is 15.2. The van der Waals surface area contributed by atoms with Crippen LogP contribution in [-0.4, -0.2) is 56.6 Å². The molecular formula is C24H25FO6S. The molecule has 1 aliphatic heterocycles. The van der Waals surface area contributed by atoms with Crippen LogP contribution in [0.4, 0.5) is 4.39 Å².